The van der Waals surface area contributed by atoms with E-state index in [4.69, 9.17) is 11.6 Å². The maximum Gasteiger partial charge on any atom is 0.124 e. The monoisotopic (exact) mass is 198 g/mol. The van der Waals surface area contributed by atoms with Crippen LogP contribution in [0.5, 0.6) is 0 Å². The largest absolute Gasteiger partial charge is 0.268 e. The minimum Gasteiger partial charge on any atom is -0.268 e. The number of benzene rings is 1. The Labute approximate surface area is 79.9 Å². The zero-order valence-corrected chi connectivity index (χ0v) is 7.85. The van der Waals surface area contributed by atoms with Crippen LogP contribution in [0.3, 0.4) is 0 Å². The smallest absolute Gasteiger partial charge is 0.124 e. The van der Waals surface area contributed by atoms with Crippen LogP contribution in [-0.4, -0.2) is 9.78 Å². The van der Waals surface area contributed by atoms with E-state index >= 15 is 0 Å². The second kappa shape index (κ2) is 3.00. The molecule has 2 aromatic rings. The summed E-state index contributed by atoms with van der Waals surface area (Å²) in [7, 11) is 1.82. The summed E-state index contributed by atoms with van der Waals surface area (Å²) in [6, 6.07) is 4.58. The molecule has 0 N–H and O–H groups in total. The molecular formula is C9H8ClFN2. The molecule has 0 fully saturated rings. The fraction of sp³-hybridized carbons (Fsp3) is 0.222. The van der Waals surface area contributed by atoms with E-state index in [-0.39, 0.29) is 5.82 Å². The zero-order valence-electron chi connectivity index (χ0n) is 7.09. The maximum atomic E-state index is 12.9. The minimum absolute atomic E-state index is 0.258. The highest BCUT2D eigenvalue weighted by atomic mass is 35.5. The summed E-state index contributed by atoms with van der Waals surface area (Å²) >= 11 is 5.67. The van der Waals surface area contributed by atoms with Gasteiger partial charge in [0.1, 0.15) is 5.82 Å². The van der Waals surface area contributed by atoms with E-state index in [0.717, 1.165) is 16.6 Å². The molecule has 0 saturated heterocycles. The van der Waals surface area contributed by atoms with Gasteiger partial charge >= 0.3 is 0 Å². The van der Waals surface area contributed by atoms with Gasteiger partial charge in [-0.05, 0) is 18.2 Å². The summed E-state index contributed by atoms with van der Waals surface area (Å²) in [5.41, 5.74) is 1.62. The third-order valence-electron chi connectivity index (χ3n) is 2.02. The molecule has 1 aromatic heterocycles. The molecule has 0 aliphatic heterocycles. The highest BCUT2D eigenvalue weighted by Crippen LogP contribution is 2.20. The lowest BCUT2D eigenvalue weighted by Gasteiger charge is -1.92. The first-order valence-corrected chi connectivity index (χ1v) is 4.43. The Balaban J connectivity index is 2.81. The van der Waals surface area contributed by atoms with Crippen LogP contribution in [0.1, 0.15) is 5.69 Å². The standard InChI is InChI=1S/C9H8ClFN2/c1-13-9-3-2-6(11)4-7(9)8(5-10)12-13/h2-4H,5H2,1H3. The molecule has 2 nitrogen and oxygen atoms in total. The van der Waals surface area contributed by atoms with Gasteiger partial charge in [0.25, 0.3) is 0 Å². The van der Waals surface area contributed by atoms with Gasteiger partial charge in [0.2, 0.25) is 0 Å². The second-order valence-corrected chi connectivity index (χ2v) is 3.13. The van der Waals surface area contributed by atoms with Crippen LogP contribution in [0.25, 0.3) is 10.9 Å². The van der Waals surface area contributed by atoms with Crippen molar-refractivity contribution in [3.05, 3.63) is 29.7 Å². The molecule has 1 aromatic carbocycles. The number of nitrogens with zero attached hydrogens (tertiary/aromatic N) is 2. The Hall–Kier alpha value is -1.09. The Kier molecular flexibility index (Phi) is 1.96. The average Bonchev–Trinajstić information content (AvgIpc) is 2.42. The first-order chi connectivity index (χ1) is 6.22. The molecule has 68 valence electrons. The first-order valence-electron chi connectivity index (χ1n) is 3.89. The Morgan fingerprint density at radius 3 is 3.00 bits per heavy atom. The lowest BCUT2D eigenvalue weighted by Crippen LogP contribution is -1.89. The summed E-state index contributed by atoms with van der Waals surface area (Å²) in [5, 5.41) is 4.96. The van der Waals surface area contributed by atoms with E-state index in [1.54, 1.807) is 10.7 Å². The summed E-state index contributed by atoms with van der Waals surface area (Å²) in [5.74, 6) is 0.0488. The highest BCUT2D eigenvalue weighted by molar-refractivity contribution is 6.17. The lowest BCUT2D eigenvalue weighted by molar-refractivity contribution is 0.629. The molecule has 0 saturated carbocycles. The van der Waals surface area contributed by atoms with E-state index in [2.05, 4.69) is 5.10 Å². The molecule has 0 amide bonds. The Morgan fingerprint density at radius 2 is 2.31 bits per heavy atom. The van der Waals surface area contributed by atoms with Crippen LogP contribution in [0.15, 0.2) is 18.2 Å². The molecule has 0 unspecified atom stereocenters. The van der Waals surface area contributed by atoms with Gasteiger partial charge in [-0.2, -0.15) is 5.10 Å². The van der Waals surface area contributed by atoms with Gasteiger partial charge in [-0.1, -0.05) is 0 Å². The lowest BCUT2D eigenvalue weighted by atomic mass is 10.2. The Morgan fingerprint density at radius 1 is 1.54 bits per heavy atom. The van der Waals surface area contributed by atoms with Gasteiger partial charge in [0, 0.05) is 12.4 Å². The highest BCUT2D eigenvalue weighted by Gasteiger charge is 2.07. The molecule has 4 heteroatoms. The van der Waals surface area contributed by atoms with Crippen molar-refractivity contribution in [1.82, 2.24) is 9.78 Å². The summed E-state index contributed by atoms with van der Waals surface area (Å²) < 4.78 is 14.6. The molecule has 1 heterocycles. The molecule has 0 aliphatic carbocycles. The van der Waals surface area contributed by atoms with E-state index in [1.807, 2.05) is 7.05 Å². The predicted octanol–water partition coefficient (Wildman–Crippen LogP) is 2.45. The number of aromatic nitrogens is 2. The van der Waals surface area contributed by atoms with E-state index in [9.17, 15) is 4.39 Å². The number of hydrogen-bond donors (Lipinski definition) is 0. The molecule has 0 bridgehead atoms. The Bertz CT molecular complexity index is 450. The van der Waals surface area contributed by atoms with Gasteiger partial charge in [-0.25, -0.2) is 4.39 Å². The second-order valence-electron chi connectivity index (χ2n) is 2.87. The topological polar surface area (TPSA) is 17.8 Å². The van der Waals surface area contributed by atoms with Crippen molar-refractivity contribution in [2.75, 3.05) is 0 Å². The number of halogens is 2. The fourth-order valence-corrected chi connectivity index (χ4v) is 1.61. The quantitative estimate of drug-likeness (QED) is 0.644. The van der Waals surface area contributed by atoms with Crippen molar-refractivity contribution in [2.45, 2.75) is 5.88 Å². The summed E-state index contributed by atoms with van der Waals surface area (Å²) in [6.45, 7) is 0. The van der Waals surface area contributed by atoms with E-state index < -0.39 is 0 Å². The number of fused-ring (bicyclic) bond motifs is 1. The molecule has 0 aliphatic rings. The maximum absolute atomic E-state index is 12.9. The minimum atomic E-state index is -0.258. The number of rotatable bonds is 1. The molecule has 13 heavy (non-hydrogen) atoms. The van der Waals surface area contributed by atoms with Crippen LogP contribution in [0.4, 0.5) is 4.39 Å². The van der Waals surface area contributed by atoms with Gasteiger partial charge in [-0.3, -0.25) is 4.68 Å². The van der Waals surface area contributed by atoms with Crippen LogP contribution in [0, 0.1) is 5.82 Å². The summed E-state index contributed by atoms with van der Waals surface area (Å²) in [6.07, 6.45) is 0. The van der Waals surface area contributed by atoms with E-state index in [0.29, 0.717) is 5.88 Å². The van der Waals surface area contributed by atoms with Crippen molar-refractivity contribution >= 4 is 22.5 Å². The van der Waals surface area contributed by atoms with Gasteiger partial charge < -0.3 is 0 Å². The third-order valence-corrected chi connectivity index (χ3v) is 2.27. The fourth-order valence-electron chi connectivity index (χ4n) is 1.41. The number of alkyl halides is 1. The van der Waals surface area contributed by atoms with Crippen LogP contribution < -0.4 is 0 Å². The molecule has 2 rings (SSSR count). The van der Waals surface area contributed by atoms with Crippen molar-refractivity contribution in [1.29, 1.82) is 0 Å². The first kappa shape index (κ1) is 8.51. The summed E-state index contributed by atoms with van der Waals surface area (Å²) in [4.78, 5) is 0. The van der Waals surface area contributed by atoms with Crippen LogP contribution in [0.2, 0.25) is 0 Å². The van der Waals surface area contributed by atoms with Gasteiger partial charge in [0.15, 0.2) is 0 Å². The SMILES string of the molecule is Cn1nc(CCl)c2cc(F)ccc21. The molecule has 0 atom stereocenters. The van der Waals surface area contributed by atoms with Crippen molar-refractivity contribution < 1.29 is 4.39 Å². The molecular weight excluding hydrogens is 191 g/mol. The average molecular weight is 199 g/mol. The molecule has 0 radical (unpaired) electrons. The van der Waals surface area contributed by atoms with Crippen LogP contribution in [-0.2, 0) is 12.9 Å². The van der Waals surface area contributed by atoms with Crippen LogP contribution >= 0.6 is 11.6 Å². The van der Waals surface area contributed by atoms with Crippen molar-refractivity contribution in [3.8, 4) is 0 Å². The van der Waals surface area contributed by atoms with Gasteiger partial charge in [0.05, 0.1) is 17.1 Å². The van der Waals surface area contributed by atoms with Crippen molar-refractivity contribution in [3.63, 3.8) is 0 Å². The number of aryl methyl sites for hydroxylation is 1. The normalized spacial score (nSPS) is 11.0. The third kappa shape index (κ3) is 1.29. The zero-order chi connectivity index (χ0) is 9.42. The number of hydrogen-bond acceptors (Lipinski definition) is 1. The predicted molar refractivity (Wildman–Crippen MR) is 50.2 cm³/mol. The van der Waals surface area contributed by atoms with Crippen molar-refractivity contribution in [2.24, 2.45) is 7.05 Å². The van der Waals surface area contributed by atoms with Gasteiger partial charge in [-0.15, -0.1) is 11.6 Å². The molecule has 0 spiro atoms. The van der Waals surface area contributed by atoms with E-state index in [1.165, 1.54) is 12.1 Å².